The number of rotatable bonds is 6. The molecule has 0 spiro atoms. The lowest BCUT2D eigenvalue weighted by Gasteiger charge is -2.24. The lowest BCUT2D eigenvalue weighted by molar-refractivity contribution is 0.248. The van der Waals surface area contributed by atoms with Crippen LogP contribution in [0.5, 0.6) is 0 Å². The molecular formula is C13H18Br2N2O2S. The summed E-state index contributed by atoms with van der Waals surface area (Å²) in [5.74, 6) is 0. The molecular weight excluding hydrogens is 408 g/mol. The molecule has 0 bridgehead atoms. The fourth-order valence-corrected chi connectivity index (χ4v) is 4.85. The molecule has 4 nitrogen and oxygen atoms in total. The first-order valence-electron chi connectivity index (χ1n) is 6.48. The van der Waals surface area contributed by atoms with E-state index in [9.17, 15) is 8.42 Å². The van der Waals surface area contributed by atoms with E-state index in [0.29, 0.717) is 17.1 Å². The summed E-state index contributed by atoms with van der Waals surface area (Å²) in [6.07, 6.45) is 2.43. The Labute approximate surface area is 137 Å². The van der Waals surface area contributed by atoms with Gasteiger partial charge in [0.15, 0.2) is 0 Å². The van der Waals surface area contributed by atoms with Crippen molar-refractivity contribution in [2.45, 2.75) is 36.7 Å². The van der Waals surface area contributed by atoms with E-state index in [1.165, 1.54) is 12.8 Å². The molecule has 1 N–H and O–H groups in total. The third-order valence-corrected chi connectivity index (χ3v) is 6.46. The minimum absolute atomic E-state index is 0.187. The number of hydrogen-bond acceptors (Lipinski definition) is 3. The van der Waals surface area contributed by atoms with Gasteiger partial charge in [-0.25, -0.2) is 13.1 Å². The molecule has 20 heavy (non-hydrogen) atoms. The van der Waals surface area contributed by atoms with E-state index < -0.39 is 10.0 Å². The largest absolute Gasteiger partial charge is 0.299 e. The second-order valence-corrected chi connectivity index (χ2v) is 8.68. The third kappa shape index (κ3) is 4.04. The van der Waals surface area contributed by atoms with E-state index in [1.807, 2.05) is 14.0 Å². The van der Waals surface area contributed by atoms with Crippen LogP contribution in [0.4, 0.5) is 0 Å². The van der Waals surface area contributed by atoms with Gasteiger partial charge in [0, 0.05) is 27.6 Å². The van der Waals surface area contributed by atoms with Crippen molar-refractivity contribution in [3.63, 3.8) is 0 Å². The number of nitrogens with one attached hydrogen (secondary N) is 1. The Hall–Kier alpha value is 0.0500. The van der Waals surface area contributed by atoms with Crippen LogP contribution in [-0.4, -0.2) is 39.0 Å². The summed E-state index contributed by atoms with van der Waals surface area (Å²) >= 11 is 6.61. The number of hydrogen-bond donors (Lipinski definition) is 1. The quantitative estimate of drug-likeness (QED) is 0.762. The highest BCUT2D eigenvalue weighted by Crippen LogP contribution is 2.27. The molecule has 112 valence electrons. The molecule has 1 aliphatic rings. The Balaban J connectivity index is 2.03. The molecule has 1 atom stereocenters. The van der Waals surface area contributed by atoms with Gasteiger partial charge in [-0.2, -0.15) is 0 Å². The maximum Gasteiger partial charge on any atom is 0.241 e. The van der Waals surface area contributed by atoms with Gasteiger partial charge in [-0.3, -0.25) is 4.90 Å². The number of likely N-dealkylation sites (N-methyl/N-ethyl adjacent to an activating group) is 1. The van der Waals surface area contributed by atoms with E-state index in [-0.39, 0.29) is 10.9 Å². The Morgan fingerprint density at radius 3 is 2.60 bits per heavy atom. The maximum absolute atomic E-state index is 12.3. The normalized spacial score (nSPS) is 17.4. The van der Waals surface area contributed by atoms with Crippen molar-refractivity contribution in [2.75, 3.05) is 13.6 Å². The van der Waals surface area contributed by atoms with Gasteiger partial charge in [-0.05, 0) is 60.9 Å². The zero-order valence-corrected chi connectivity index (χ0v) is 15.4. The van der Waals surface area contributed by atoms with Crippen LogP contribution in [0.1, 0.15) is 19.8 Å². The molecule has 0 saturated heterocycles. The second kappa shape index (κ2) is 6.44. The highest BCUT2D eigenvalue weighted by atomic mass is 79.9. The summed E-state index contributed by atoms with van der Waals surface area (Å²) < 4.78 is 28.7. The summed E-state index contributed by atoms with van der Waals surface area (Å²) in [7, 11) is -1.44. The summed E-state index contributed by atoms with van der Waals surface area (Å²) in [5, 5.41) is 0. The fourth-order valence-electron chi connectivity index (χ4n) is 1.99. The molecule has 1 aromatic rings. The molecule has 0 radical (unpaired) electrons. The van der Waals surface area contributed by atoms with Crippen LogP contribution in [0.25, 0.3) is 0 Å². The standard InChI is InChI=1S/C13H18Br2N2O2S/c1-9(17(2)11-4-5-11)8-16-20(18,19)13-6-3-10(14)7-12(13)15/h3,6-7,9,11,16H,4-5,8H2,1-2H3. The predicted octanol–water partition coefficient (Wildman–Crippen LogP) is 2.97. The second-order valence-electron chi connectivity index (χ2n) is 5.17. The van der Waals surface area contributed by atoms with Crippen LogP contribution in [-0.2, 0) is 10.0 Å². The number of nitrogens with zero attached hydrogens (tertiary/aromatic N) is 1. The highest BCUT2D eigenvalue weighted by Gasteiger charge is 2.29. The zero-order valence-electron chi connectivity index (χ0n) is 11.4. The van der Waals surface area contributed by atoms with Gasteiger partial charge in [-0.1, -0.05) is 15.9 Å². The Bertz CT molecular complexity index is 588. The number of sulfonamides is 1. The molecule has 0 aliphatic heterocycles. The first kappa shape index (κ1) is 16.4. The fraction of sp³-hybridized carbons (Fsp3) is 0.538. The Morgan fingerprint density at radius 2 is 2.05 bits per heavy atom. The van der Waals surface area contributed by atoms with Crippen LogP contribution in [0, 0.1) is 0 Å². The number of halogens is 2. The molecule has 1 fully saturated rings. The summed E-state index contributed by atoms with van der Waals surface area (Å²) in [6.45, 7) is 2.45. The lowest BCUT2D eigenvalue weighted by atomic mass is 10.3. The highest BCUT2D eigenvalue weighted by molar-refractivity contribution is 9.11. The van der Waals surface area contributed by atoms with Gasteiger partial charge in [0.2, 0.25) is 10.0 Å². The molecule has 2 rings (SSSR count). The minimum Gasteiger partial charge on any atom is -0.299 e. The van der Waals surface area contributed by atoms with Crippen LogP contribution in [0.15, 0.2) is 32.0 Å². The van der Waals surface area contributed by atoms with Gasteiger partial charge >= 0.3 is 0 Å². The SMILES string of the molecule is CC(CNS(=O)(=O)c1ccc(Br)cc1Br)N(C)C1CC1. The minimum atomic E-state index is -3.49. The van der Waals surface area contributed by atoms with Crippen LogP contribution < -0.4 is 4.72 Å². The topological polar surface area (TPSA) is 49.4 Å². The van der Waals surface area contributed by atoms with E-state index in [1.54, 1.807) is 18.2 Å². The van der Waals surface area contributed by atoms with Gasteiger partial charge in [0.05, 0.1) is 4.90 Å². The smallest absolute Gasteiger partial charge is 0.241 e. The third-order valence-electron chi connectivity index (χ3n) is 3.57. The monoisotopic (exact) mass is 424 g/mol. The van der Waals surface area contributed by atoms with E-state index in [0.717, 1.165) is 4.47 Å². The van der Waals surface area contributed by atoms with Gasteiger partial charge in [0.25, 0.3) is 0 Å². The van der Waals surface area contributed by atoms with Crippen molar-refractivity contribution in [1.82, 2.24) is 9.62 Å². The predicted molar refractivity (Wildman–Crippen MR) is 87.3 cm³/mol. The summed E-state index contributed by atoms with van der Waals surface area (Å²) in [6, 6.07) is 5.85. The zero-order chi connectivity index (χ0) is 14.9. The molecule has 0 heterocycles. The first-order valence-corrected chi connectivity index (χ1v) is 9.55. The van der Waals surface area contributed by atoms with Gasteiger partial charge in [0.1, 0.15) is 0 Å². The molecule has 1 aromatic carbocycles. The average molecular weight is 426 g/mol. The molecule has 7 heteroatoms. The first-order chi connectivity index (χ1) is 9.31. The van der Waals surface area contributed by atoms with Crippen LogP contribution in [0.3, 0.4) is 0 Å². The van der Waals surface area contributed by atoms with Crippen LogP contribution in [0.2, 0.25) is 0 Å². The average Bonchev–Trinajstić information content (AvgIpc) is 3.18. The van der Waals surface area contributed by atoms with Gasteiger partial charge in [-0.15, -0.1) is 0 Å². The lowest BCUT2D eigenvalue weighted by Crippen LogP contribution is -2.41. The Morgan fingerprint density at radius 1 is 1.40 bits per heavy atom. The van der Waals surface area contributed by atoms with Crippen molar-refractivity contribution in [1.29, 1.82) is 0 Å². The van der Waals surface area contributed by atoms with Crippen molar-refractivity contribution in [2.24, 2.45) is 0 Å². The van der Waals surface area contributed by atoms with Crippen LogP contribution >= 0.6 is 31.9 Å². The van der Waals surface area contributed by atoms with Crippen molar-refractivity contribution in [3.05, 3.63) is 27.1 Å². The van der Waals surface area contributed by atoms with Gasteiger partial charge < -0.3 is 0 Å². The summed E-state index contributed by atoms with van der Waals surface area (Å²) in [4.78, 5) is 2.50. The van der Waals surface area contributed by atoms with Crippen molar-refractivity contribution in [3.8, 4) is 0 Å². The molecule has 1 saturated carbocycles. The number of benzene rings is 1. The Kier molecular flexibility index (Phi) is 5.29. The molecule has 0 amide bonds. The van der Waals surface area contributed by atoms with E-state index >= 15 is 0 Å². The maximum atomic E-state index is 12.3. The molecule has 1 aliphatic carbocycles. The van der Waals surface area contributed by atoms with E-state index in [4.69, 9.17) is 0 Å². The summed E-state index contributed by atoms with van der Waals surface area (Å²) in [5.41, 5.74) is 0. The molecule has 1 unspecified atom stereocenters. The van der Waals surface area contributed by atoms with Crippen molar-refractivity contribution >= 4 is 41.9 Å². The molecule has 0 aromatic heterocycles. The van der Waals surface area contributed by atoms with E-state index in [2.05, 4.69) is 41.5 Å². The van der Waals surface area contributed by atoms with Crippen molar-refractivity contribution < 1.29 is 8.42 Å².